The Labute approximate surface area is 240 Å². The van der Waals surface area contributed by atoms with Crippen LogP contribution in [0.1, 0.15) is 40.0 Å². The molecule has 3 rings (SSSR count). The number of ether oxygens (including phenoxy) is 5. The molecule has 1 unspecified atom stereocenters. The molecule has 0 fully saturated rings. The lowest BCUT2D eigenvalue weighted by Gasteiger charge is -2.44. The molecule has 0 aliphatic heterocycles. The van der Waals surface area contributed by atoms with Crippen LogP contribution >= 0.6 is 0 Å². The van der Waals surface area contributed by atoms with Crippen molar-refractivity contribution in [2.24, 2.45) is 5.92 Å². The van der Waals surface area contributed by atoms with E-state index in [4.69, 9.17) is 23.7 Å². The Hall–Kier alpha value is -3.45. The zero-order chi connectivity index (χ0) is 29.2. The average Bonchev–Trinajstić information content (AvgIpc) is 2.97. The van der Waals surface area contributed by atoms with E-state index >= 15 is 0 Å². The predicted molar refractivity (Wildman–Crippen MR) is 163 cm³/mol. The first-order valence-corrected chi connectivity index (χ1v) is 16.0. The third-order valence-electron chi connectivity index (χ3n) is 7.80. The van der Waals surface area contributed by atoms with E-state index in [1.807, 2.05) is 0 Å². The van der Waals surface area contributed by atoms with Gasteiger partial charge in [-0.25, -0.2) is 0 Å². The maximum Gasteiger partial charge on any atom is 0.305 e. The van der Waals surface area contributed by atoms with Crippen molar-refractivity contribution in [3.05, 3.63) is 72.8 Å². The summed E-state index contributed by atoms with van der Waals surface area (Å²) < 4.78 is 27.8. The highest BCUT2D eigenvalue weighted by molar-refractivity contribution is 7.04. The second-order valence-corrected chi connectivity index (χ2v) is 16.0. The summed E-state index contributed by atoms with van der Waals surface area (Å²) in [6.45, 7) is 7.47. The summed E-state index contributed by atoms with van der Waals surface area (Å²) in [4.78, 5) is 12.4. The molecule has 0 saturated carbocycles. The smallest absolute Gasteiger partial charge is 0.305 e. The first kappa shape index (κ1) is 31.1. The number of benzene rings is 3. The highest BCUT2D eigenvalue weighted by atomic mass is 28.3. The molecule has 0 heterocycles. The molecule has 0 amide bonds. The Morgan fingerprint density at radius 1 is 0.750 bits per heavy atom. The highest BCUT2D eigenvalue weighted by Crippen LogP contribution is 2.44. The molecule has 0 aliphatic rings. The Balaban J connectivity index is 1.86. The highest BCUT2D eigenvalue weighted by Gasteiger charge is 2.46. The largest absolute Gasteiger partial charge is 0.493 e. The van der Waals surface area contributed by atoms with Crippen molar-refractivity contribution >= 4 is 24.4 Å². The Bertz CT molecular complexity index is 1170. The Morgan fingerprint density at radius 2 is 1.27 bits per heavy atom. The van der Waals surface area contributed by atoms with E-state index in [1.54, 1.807) is 33.5 Å². The van der Waals surface area contributed by atoms with Crippen LogP contribution in [0.2, 0.25) is 11.1 Å². The van der Waals surface area contributed by atoms with Crippen LogP contribution in [0.4, 0.5) is 0 Å². The number of hydrogen-bond donors (Lipinski definition) is 0. The van der Waals surface area contributed by atoms with Crippen molar-refractivity contribution in [2.45, 2.75) is 51.1 Å². The predicted octanol–water partition coefficient (Wildman–Crippen LogP) is 6.11. The zero-order valence-corrected chi connectivity index (χ0v) is 26.0. The van der Waals surface area contributed by atoms with Gasteiger partial charge in [0, 0.05) is 5.92 Å². The van der Waals surface area contributed by atoms with Gasteiger partial charge in [-0.05, 0) is 29.6 Å². The van der Waals surface area contributed by atoms with Crippen molar-refractivity contribution in [3.8, 4) is 23.0 Å². The summed E-state index contributed by atoms with van der Waals surface area (Å²) in [6.07, 6.45) is 2.07. The molecule has 1 atom stereocenters. The third kappa shape index (κ3) is 7.00. The van der Waals surface area contributed by atoms with Crippen LogP contribution in [-0.2, 0) is 9.53 Å². The average molecular weight is 565 g/mol. The van der Waals surface area contributed by atoms with Gasteiger partial charge in [-0.3, -0.25) is 4.79 Å². The SMILES string of the molecule is COC(=O)CC(CCC[Si](c1ccccc1)(c1ccccc1)C(C)(C)C)COc1ccc(OC)c(OC)c1OC. The molecule has 3 aromatic rings. The number of rotatable bonds is 14. The summed E-state index contributed by atoms with van der Waals surface area (Å²) in [6, 6.07) is 26.6. The molecule has 0 aromatic heterocycles. The summed E-state index contributed by atoms with van der Waals surface area (Å²) in [5.74, 6) is 1.77. The maximum atomic E-state index is 12.4. The van der Waals surface area contributed by atoms with Crippen LogP contribution in [0.3, 0.4) is 0 Å². The first-order valence-electron chi connectivity index (χ1n) is 13.8. The van der Waals surface area contributed by atoms with Gasteiger partial charge in [-0.1, -0.05) is 98.2 Å². The molecule has 6 nitrogen and oxygen atoms in total. The van der Waals surface area contributed by atoms with E-state index in [2.05, 4.69) is 81.4 Å². The summed E-state index contributed by atoms with van der Waals surface area (Å²) in [5, 5.41) is 2.95. The van der Waals surface area contributed by atoms with Gasteiger partial charge in [0.1, 0.15) is 8.07 Å². The van der Waals surface area contributed by atoms with Crippen molar-refractivity contribution < 1.29 is 28.5 Å². The van der Waals surface area contributed by atoms with E-state index in [0.29, 0.717) is 29.6 Å². The second kappa shape index (κ2) is 14.3. The lowest BCUT2D eigenvalue weighted by molar-refractivity contribution is -0.142. The minimum absolute atomic E-state index is 0.0246. The number of hydrogen-bond acceptors (Lipinski definition) is 6. The molecule has 7 heteroatoms. The van der Waals surface area contributed by atoms with Gasteiger partial charge in [-0.15, -0.1) is 0 Å². The Morgan fingerprint density at radius 3 is 1.75 bits per heavy atom. The van der Waals surface area contributed by atoms with Gasteiger partial charge < -0.3 is 23.7 Å². The summed E-state index contributed by atoms with van der Waals surface area (Å²) >= 11 is 0. The van der Waals surface area contributed by atoms with E-state index < -0.39 is 8.07 Å². The van der Waals surface area contributed by atoms with Gasteiger partial charge in [0.15, 0.2) is 11.5 Å². The van der Waals surface area contributed by atoms with Crippen LogP contribution in [0.25, 0.3) is 0 Å². The number of methoxy groups -OCH3 is 4. The molecular weight excluding hydrogens is 520 g/mol. The number of carbonyl (C=O) groups is 1. The van der Waals surface area contributed by atoms with Gasteiger partial charge in [-0.2, -0.15) is 0 Å². The molecular formula is C33H44O6Si. The van der Waals surface area contributed by atoms with Gasteiger partial charge in [0.25, 0.3) is 0 Å². The molecule has 0 bridgehead atoms. The minimum atomic E-state index is -2.20. The first-order chi connectivity index (χ1) is 19.2. The lowest BCUT2D eigenvalue weighted by atomic mass is 10.0. The molecule has 0 N–H and O–H groups in total. The van der Waals surface area contributed by atoms with Crippen LogP contribution in [0, 0.1) is 5.92 Å². The fourth-order valence-corrected chi connectivity index (χ4v) is 11.4. The maximum absolute atomic E-state index is 12.4. The summed E-state index contributed by atoms with van der Waals surface area (Å²) in [5.41, 5.74) is 0. The monoisotopic (exact) mass is 564 g/mol. The number of carbonyl (C=O) groups excluding carboxylic acids is 1. The number of esters is 1. The van der Waals surface area contributed by atoms with Crippen molar-refractivity contribution in [1.29, 1.82) is 0 Å². The zero-order valence-electron chi connectivity index (χ0n) is 25.0. The van der Waals surface area contributed by atoms with Gasteiger partial charge >= 0.3 is 5.97 Å². The van der Waals surface area contributed by atoms with Gasteiger partial charge in [0.05, 0.1) is 41.5 Å². The van der Waals surface area contributed by atoms with E-state index in [1.165, 1.54) is 17.5 Å². The standard InChI is InChI=1S/C33H44O6Si/c1-33(2,3)40(26-16-10-8-11-17-26,27-18-12-9-13-19-27)22-14-15-25(23-30(34)36-5)24-39-29-21-20-28(35-4)31(37-6)32(29)38-7/h8-13,16-21,25H,14-15,22-24H2,1-7H3. The third-order valence-corrected chi connectivity index (χ3v) is 14.1. The normalized spacial score (nSPS) is 12.4. The Kier molecular flexibility index (Phi) is 11.1. The van der Waals surface area contributed by atoms with Crippen molar-refractivity contribution in [1.82, 2.24) is 0 Å². The topological polar surface area (TPSA) is 63.2 Å². The van der Waals surface area contributed by atoms with Crippen LogP contribution in [0.5, 0.6) is 23.0 Å². The van der Waals surface area contributed by atoms with Crippen molar-refractivity contribution in [3.63, 3.8) is 0 Å². The summed E-state index contributed by atoms with van der Waals surface area (Å²) in [7, 11) is 3.95. The van der Waals surface area contributed by atoms with E-state index in [9.17, 15) is 4.79 Å². The lowest BCUT2D eigenvalue weighted by Crippen LogP contribution is -2.64. The van der Waals surface area contributed by atoms with Crippen LogP contribution in [0.15, 0.2) is 72.8 Å². The molecule has 40 heavy (non-hydrogen) atoms. The second-order valence-electron chi connectivity index (χ2n) is 11.1. The fraction of sp³-hybridized carbons (Fsp3) is 0.424. The van der Waals surface area contributed by atoms with Crippen molar-refractivity contribution in [2.75, 3.05) is 35.0 Å². The molecule has 0 saturated heterocycles. The molecule has 0 aliphatic carbocycles. The molecule has 216 valence electrons. The van der Waals surface area contributed by atoms with E-state index in [-0.39, 0.29) is 23.3 Å². The van der Waals surface area contributed by atoms with Gasteiger partial charge in [0.2, 0.25) is 11.5 Å². The fourth-order valence-electron chi connectivity index (χ4n) is 5.76. The van der Waals surface area contributed by atoms with Crippen LogP contribution < -0.4 is 29.3 Å². The quantitative estimate of drug-likeness (QED) is 0.174. The van der Waals surface area contributed by atoms with Crippen LogP contribution in [-0.4, -0.2) is 49.1 Å². The molecule has 3 aromatic carbocycles. The molecule has 0 spiro atoms. The minimum Gasteiger partial charge on any atom is -0.493 e. The van der Waals surface area contributed by atoms with E-state index in [0.717, 1.165) is 18.9 Å². The molecule has 0 radical (unpaired) electrons.